The van der Waals surface area contributed by atoms with E-state index in [1.54, 1.807) is 45.0 Å². The Morgan fingerprint density at radius 2 is 1.91 bits per heavy atom. The Balaban J connectivity index is 1.96. The molecular formula is C17H18FN3O2. The van der Waals surface area contributed by atoms with Crippen LogP contribution in [0.5, 0.6) is 0 Å². The van der Waals surface area contributed by atoms with Crippen LogP contribution >= 0.6 is 0 Å². The van der Waals surface area contributed by atoms with Crippen molar-refractivity contribution in [3.63, 3.8) is 0 Å². The van der Waals surface area contributed by atoms with Gasteiger partial charge in [-0.25, -0.2) is 9.18 Å². The standard InChI is InChI=1S/C17H18FN3O2/c1-17(2,3)23-16(22)21-14-8-6-13(7-9-14)20-11-15-5-4-12(18)10-19-15/h4-11H,1-3H3,(H,21,22). The van der Waals surface area contributed by atoms with E-state index in [-0.39, 0.29) is 5.82 Å². The number of amides is 1. The van der Waals surface area contributed by atoms with Gasteiger partial charge in [0.15, 0.2) is 0 Å². The van der Waals surface area contributed by atoms with Crippen LogP contribution in [0.15, 0.2) is 47.6 Å². The van der Waals surface area contributed by atoms with Crippen LogP contribution in [0, 0.1) is 5.82 Å². The Bertz CT molecular complexity index is 689. The highest BCUT2D eigenvalue weighted by Gasteiger charge is 2.15. The molecule has 0 fully saturated rings. The number of hydrogen-bond acceptors (Lipinski definition) is 4. The summed E-state index contributed by atoms with van der Waals surface area (Å²) in [5, 5.41) is 2.64. The second-order valence-electron chi connectivity index (χ2n) is 5.83. The molecule has 1 N–H and O–H groups in total. The van der Waals surface area contributed by atoms with E-state index in [0.29, 0.717) is 17.1 Å². The number of nitrogens with one attached hydrogen (secondary N) is 1. The number of aliphatic imine (C=N–C) groups is 1. The van der Waals surface area contributed by atoms with Gasteiger partial charge in [-0.3, -0.25) is 15.3 Å². The molecule has 6 heteroatoms. The number of anilines is 1. The number of aromatic nitrogens is 1. The molecule has 2 aromatic rings. The SMILES string of the molecule is CC(C)(C)OC(=O)Nc1ccc(N=Cc2ccc(F)cn2)cc1. The van der Waals surface area contributed by atoms with Gasteiger partial charge in [0.2, 0.25) is 0 Å². The lowest BCUT2D eigenvalue weighted by atomic mass is 10.2. The van der Waals surface area contributed by atoms with Crippen LogP contribution < -0.4 is 5.32 Å². The predicted octanol–water partition coefficient (Wildman–Crippen LogP) is 4.32. The van der Waals surface area contributed by atoms with E-state index in [4.69, 9.17) is 4.74 Å². The number of carbonyl (C=O) groups is 1. The van der Waals surface area contributed by atoms with E-state index in [2.05, 4.69) is 15.3 Å². The first-order chi connectivity index (χ1) is 10.8. The molecule has 0 saturated heterocycles. The molecule has 1 amide bonds. The zero-order valence-electron chi connectivity index (χ0n) is 13.2. The van der Waals surface area contributed by atoms with Crippen LogP contribution in [0.2, 0.25) is 0 Å². The number of pyridine rings is 1. The van der Waals surface area contributed by atoms with Gasteiger partial charge >= 0.3 is 6.09 Å². The third-order valence-electron chi connectivity index (χ3n) is 2.61. The molecule has 0 atom stereocenters. The smallest absolute Gasteiger partial charge is 0.412 e. The summed E-state index contributed by atoms with van der Waals surface area (Å²) in [5.41, 5.74) is 1.31. The topological polar surface area (TPSA) is 63.6 Å². The summed E-state index contributed by atoms with van der Waals surface area (Å²) >= 11 is 0. The van der Waals surface area contributed by atoms with E-state index in [0.717, 1.165) is 6.20 Å². The minimum absolute atomic E-state index is 0.389. The molecule has 0 aliphatic carbocycles. The molecule has 1 heterocycles. The van der Waals surface area contributed by atoms with E-state index in [9.17, 15) is 9.18 Å². The van der Waals surface area contributed by atoms with Crippen molar-refractivity contribution in [1.82, 2.24) is 4.98 Å². The number of nitrogens with zero attached hydrogens (tertiary/aromatic N) is 2. The van der Waals surface area contributed by atoms with Crippen molar-refractivity contribution in [2.24, 2.45) is 4.99 Å². The lowest BCUT2D eigenvalue weighted by Crippen LogP contribution is -2.27. The fourth-order valence-electron chi connectivity index (χ4n) is 1.66. The van der Waals surface area contributed by atoms with Gasteiger partial charge in [-0.1, -0.05) is 0 Å². The third kappa shape index (κ3) is 5.86. The highest BCUT2D eigenvalue weighted by Crippen LogP contribution is 2.17. The minimum Gasteiger partial charge on any atom is -0.444 e. The Morgan fingerprint density at radius 3 is 2.48 bits per heavy atom. The molecule has 0 aliphatic rings. The van der Waals surface area contributed by atoms with Crippen LogP contribution in [0.3, 0.4) is 0 Å². The summed E-state index contributed by atoms with van der Waals surface area (Å²) in [7, 11) is 0. The lowest BCUT2D eigenvalue weighted by molar-refractivity contribution is 0.0636. The third-order valence-corrected chi connectivity index (χ3v) is 2.61. The first kappa shape index (κ1) is 16.6. The van der Waals surface area contributed by atoms with Gasteiger partial charge < -0.3 is 4.74 Å². The zero-order valence-corrected chi connectivity index (χ0v) is 13.2. The van der Waals surface area contributed by atoms with Gasteiger partial charge in [0, 0.05) is 5.69 Å². The second-order valence-corrected chi connectivity index (χ2v) is 5.83. The molecule has 0 aliphatic heterocycles. The minimum atomic E-state index is -0.545. The van der Waals surface area contributed by atoms with Crippen molar-refractivity contribution in [1.29, 1.82) is 0 Å². The van der Waals surface area contributed by atoms with E-state index < -0.39 is 11.7 Å². The van der Waals surface area contributed by atoms with Crippen molar-refractivity contribution in [2.45, 2.75) is 26.4 Å². The molecule has 0 saturated carbocycles. The largest absolute Gasteiger partial charge is 0.444 e. The van der Waals surface area contributed by atoms with Crippen LogP contribution in [0.4, 0.5) is 20.6 Å². The average molecular weight is 315 g/mol. The maximum Gasteiger partial charge on any atom is 0.412 e. The number of carbonyl (C=O) groups excluding carboxylic acids is 1. The maximum absolute atomic E-state index is 12.7. The number of benzene rings is 1. The highest BCUT2D eigenvalue weighted by atomic mass is 19.1. The molecule has 1 aromatic heterocycles. The summed E-state index contributed by atoms with van der Waals surface area (Å²) in [6.45, 7) is 5.40. The Hall–Kier alpha value is -2.76. The van der Waals surface area contributed by atoms with Crippen molar-refractivity contribution in [3.8, 4) is 0 Å². The molecule has 0 radical (unpaired) electrons. The molecule has 23 heavy (non-hydrogen) atoms. The molecular weight excluding hydrogens is 297 g/mol. The highest BCUT2D eigenvalue weighted by molar-refractivity contribution is 5.85. The maximum atomic E-state index is 12.7. The first-order valence-corrected chi connectivity index (χ1v) is 7.07. The zero-order chi connectivity index (χ0) is 16.9. The number of ether oxygens (including phenoxy) is 1. The Morgan fingerprint density at radius 1 is 1.22 bits per heavy atom. The molecule has 2 rings (SSSR count). The quantitative estimate of drug-likeness (QED) is 0.858. The van der Waals surface area contributed by atoms with Crippen LogP contribution in [0.25, 0.3) is 0 Å². The van der Waals surface area contributed by atoms with Crippen molar-refractivity contribution >= 4 is 23.7 Å². The van der Waals surface area contributed by atoms with Crippen molar-refractivity contribution < 1.29 is 13.9 Å². The number of rotatable bonds is 3. The molecule has 0 spiro atoms. The van der Waals surface area contributed by atoms with Gasteiger partial charge in [-0.15, -0.1) is 0 Å². The lowest BCUT2D eigenvalue weighted by Gasteiger charge is -2.19. The van der Waals surface area contributed by atoms with Crippen molar-refractivity contribution in [2.75, 3.05) is 5.32 Å². The summed E-state index contributed by atoms with van der Waals surface area (Å²) in [6.07, 6.45) is 2.16. The molecule has 0 bridgehead atoms. The summed E-state index contributed by atoms with van der Waals surface area (Å²) in [6, 6.07) is 9.78. The second kappa shape index (κ2) is 7.00. The number of halogens is 1. The van der Waals surface area contributed by atoms with Gasteiger partial charge in [0.1, 0.15) is 11.4 Å². The van der Waals surface area contributed by atoms with Crippen LogP contribution in [0.1, 0.15) is 26.5 Å². The molecule has 1 aromatic carbocycles. The predicted molar refractivity (Wildman–Crippen MR) is 87.7 cm³/mol. The monoisotopic (exact) mass is 315 g/mol. The van der Waals surface area contributed by atoms with E-state index >= 15 is 0 Å². The summed E-state index contributed by atoms with van der Waals surface area (Å²) in [4.78, 5) is 19.8. The van der Waals surface area contributed by atoms with E-state index in [1.165, 1.54) is 18.3 Å². The Kier molecular flexibility index (Phi) is 5.05. The van der Waals surface area contributed by atoms with Gasteiger partial charge in [0.25, 0.3) is 0 Å². The van der Waals surface area contributed by atoms with Crippen LogP contribution in [-0.4, -0.2) is 22.9 Å². The summed E-state index contributed by atoms with van der Waals surface area (Å²) < 4.78 is 17.9. The summed E-state index contributed by atoms with van der Waals surface area (Å²) in [5.74, 6) is -0.389. The van der Waals surface area contributed by atoms with Crippen LogP contribution in [-0.2, 0) is 4.74 Å². The molecule has 5 nitrogen and oxygen atoms in total. The number of hydrogen-bond donors (Lipinski definition) is 1. The fourth-order valence-corrected chi connectivity index (χ4v) is 1.66. The van der Waals surface area contributed by atoms with Gasteiger partial charge in [-0.2, -0.15) is 0 Å². The van der Waals surface area contributed by atoms with Crippen molar-refractivity contribution in [3.05, 3.63) is 54.1 Å². The fraction of sp³-hybridized carbons (Fsp3) is 0.235. The normalized spacial score (nSPS) is 11.5. The van der Waals surface area contributed by atoms with Gasteiger partial charge in [0.05, 0.1) is 23.8 Å². The molecule has 0 unspecified atom stereocenters. The molecule has 120 valence electrons. The van der Waals surface area contributed by atoms with Gasteiger partial charge in [-0.05, 0) is 57.2 Å². The Labute approximate surface area is 134 Å². The first-order valence-electron chi connectivity index (χ1n) is 7.07. The average Bonchev–Trinajstić information content (AvgIpc) is 2.46. The van der Waals surface area contributed by atoms with E-state index in [1.807, 2.05) is 0 Å².